The molecule has 12 heteroatoms. The van der Waals surface area contributed by atoms with Crippen molar-refractivity contribution in [2.75, 3.05) is 25.0 Å². The Balaban J connectivity index is 0.00000193. The van der Waals surface area contributed by atoms with Crippen LogP contribution in [0.25, 0.3) is 0 Å². The topological polar surface area (TPSA) is 142 Å². The summed E-state index contributed by atoms with van der Waals surface area (Å²) >= 11 is 0. The Hall–Kier alpha value is -2.69. The van der Waals surface area contributed by atoms with Crippen molar-refractivity contribution >= 4 is 60.0 Å². The normalized spacial score (nSPS) is 22.2. The number of nitrogens with two attached hydrogens (primary N) is 1. The number of nitrogens with zero attached hydrogens (tertiary/aromatic N) is 2. The molecule has 1 aromatic carbocycles. The Kier molecular flexibility index (Phi) is 8.82. The number of fused-ring (bicyclic) bond motifs is 1. The van der Waals surface area contributed by atoms with Crippen molar-refractivity contribution in [3.8, 4) is 0 Å². The molecule has 180 valence electrons. The van der Waals surface area contributed by atoms with Crippen LogP contribution in [0.3, 0.4) is 0 Å². The SMILES string of the molecule is Cl.Cl.NC[C@H]1CCCCN1C(=O)CNc1cccc2c1C(=O)N(C1CCC(=O)NC1=O)C2=O. The number of hydrogen-bond donors (Lipinski definition) is 3. The third-order valence-corrected chi connectivity index (χ3v) is 6.12. The van der Waals surface area contributed by atoms with Crippen LogP contribution in [0.1, 0.15) is 52.8 Å². The van der Waals surface area contributed by atoms with Gasteiger partial charge in [-0.05, 0) is 37.8 Å². The molecule has 4 N–H and O–H groups in total. The number of nitrogens with one attached hydrogen (secondary N) is 2. The maximum absolute atomic E-state index is 13.1. The summed E-state index contributed by atoms with van der Waals surface area (Å²) in [5, 5.41) is 5.17. The molecule has 0 aromatic heterocycles. The summed E-state index contributed by atoms with van der Waals surface area (Å²) in [7, 11) is 0. The highest BCUT2D eigenvalue weighted by Crippen LogP contribution is 2.32. The second-order valence-electron chi connectivity index (χ2n) is 8.00. The molecule has 4 rings (SSSR count). The first-order chi connectivity index (χ1) is 14.9. The van der Waals surface area contributed by atoms with Gasteiger partial charge < -0.3 is 16.0 Å². The molecule has 3 aliphatic rings. The van der Waals surface area contributed by atoms with Gasteiger partial charge in [0, 0.05) is 31.2 Å². The number of halogens is 2. The van der Waals surface area contributed by atoms with Crippen LogP contribution < -0.4 is 16.4 Å². The van der Waals surface area contributed by atoms with E-state index in [1.165, 1.54) is 6.07 Å². The maximum atomic E-state index is 13.1. The van der Waals surface area contributed by atoms with Crippen molar-refractivity contribution in [2.24, 2.45) is 5.73 Å². The van der Waals surface area contributed by atoms with E-state index in [4.69, 9.17) is 5.73 Å². The first kappa shape index (κ1) is 26.6. The highest BCUT2D eigenvalue weighted by Gasteiger charge is 2.45. The van der Waals surface area contributed by atoms with Crippen LogP contribution >= 0.6 is 24.8 Å². The molecule has 33 heavy (non-hydrogen) atoms. The van der Waals surface area contributed by atoms with E-state index in [2.05, 4.69) is 10.6 Å². The van der Waals surface area contributed by atoms with E-state index < -0.39 is 29.7 Å². The number of imide groups is 2. The predicted octanol–water partition coefficient (Wildman–Crippen LogP) is 0.683. The molecule has 0 aliphatic carbocycles. The van der Waals surface area contributed by atoms with Gasteiger partial charge in [0.2, 0.25) is 17.7 Å². The second kappa shape index (κ2) is 11.0. The standard InChI is InChI=1S/C21H25N5O5.2ClH/c22-10-12-4-1-2-9-25(12)17(28)11-23-14-6-3-5-13-18(14)21(31)26(20(13)30)15-7-8-16(27)24-19(15)29;;/h3,5-6,12,15,23H,1-2,4,7-11,22H2,(H,24,27,29);2*1H/t12-,15?;;/m1../s1. The van der Waals surface area contributed by atoms with Gasteiger partial charge in [-0.25, -0.2) is 0 Å². The number of likely N-dealkylation sites (tertiary alicyclic amines) is 1. The van der Waals surface area contributed by atoms with Crippen LogP contribution in [-0.4, -0.2) is 71.1 Å². The third-order valence-electron chi connectivity index (χ3n) is 6.12. The molecule has 0 saturated carbocycles. The number of amides is 5. The van der Waals surface area contributed by atoms with Crippen LogP contribution in [0.2, 0.25) is 0 Å². The Morgan fingerprint density at radius 2 is 1.85 bits per heavy atom. The van der Waals surface area contributed by atoms with Gasteiger partial charge in [0.15, 0.2) is 0 Å². The van der Waals surface area contributed by atoms with Gasteiger partial charge in [0.05, 0.1) is 17.7 Å². The zero-order valence-electron chi connectivity index (χ0n) is 17.9. The summed E-state index contributed by atoms with van der Waals surface area (Å²) < 4.78 is 0. The summed E-state index contributed by atoms with van der Waals surface area (Å²) in [6, 6.07) is 3.74. The summed E-state index contributed by atoms with van der Waals surface area (Å²) in [5.41, 5.74) is 6.47. The number of hydrogen-bond acceptors (Lipinski definition) is 7. The molecule has 3 aliphatic heterocycles. The van der Waals surface area contributed by atoms with E-state index in [1.807, 2.05) is 0 Å². The van der Waals surface area contributed by atoms with Crippen molar-refractivity contribution in [3.05, 3.63) is 29.3 Å². The summed E-state index contributed by atoms with van der Waals surface area (Å²) in [6.45, 7) is 1.02. The van der Waals surface area contributed by atoms with E-state index >= 15 is 0 Å². The molecule has 2 fully saturated rings. The Morgan fingerprint density at radius 1 is 1.09 bits per heavy atom. The zero-order valence-corrected chi connectivity index (χ0v) is 19.5. The first-order valence-electron chi connectivity index (χ1n) is 10.5. The summed E-state index contributed by atoms with van der Waals surface area (Å²) in [4.78, 5) is 65.0. The molecule has 10 nitrogen and oxygen atoms in total. The summed E-state index contributed by atoms with van der Waals surface area (Å²) in [6.07, 6.45) is 2.99. The van der Waals surface area contributed by atoms with E-state index in [0.717, 1.165) is 24.2 Å². The van der Waals surface area contributed by atoms with Crippen molar-refractivity contribution < 1.29 is 24.0 Å². The fourth-order valence-electron chi connectivity index (χ4n) is 4.51. The number of carbonyl (C=O) groups is 5. The average Bonchev–Trinajstić information content (AvgIpc) is 3.03. The smallest absolute Gasteiger partial charge is 0.264 e. The molecule has 1 unspecified atom stereocenters. The van der Waals surface area contributed by atoms with Gasteiger partial charge in [-0.15, -0.1) is 24.8 Å². The van der Waals surface area contributed by atoms with E-state index in [1.54, 1.807) is 17.0 Å². The average molecular weight is 500 g/mol. The lowest BCUT2D eigenvalue weighted by Gasteiger charge is -2.35. The monoisotopic (exact) mass is 499 g/mol. The Labute approximate surface area is 203 Å². The molecule has 3 heterocycles. The minimum Gasteiger partial charge on any atom is -0.375 e. The van der Waals surface area contributed by atoms with Crippen molar-refractivity contribution in [1.29, 1.82) is 0 Å². The maximum Gasteiger partial charge on any atom is 0.264 e. The van der Waals surface area contributed by atoms with Crippen molar-refractivity contribution in [2.45, 2.75) is 44.2 Å². The molecule has 5 amide bonds. The molecule has 0 spiro atoms. The highest BCUT2D eigenvalue weighted by atomic mass is 35.5. The van der Waals surface area contributed by atoms with E-state index in [9.17, 15) is 24.0 Å². The largest absolute Gasteiger partial charge is 0.375 e. The Bertz CT molecular complexity index is 972. The van der Waals surface area contributed by atoms with E-state index in [-0.39, 0.29) is 67.3 Å². The molecule has 0 bridgehead atoms. The number of anilines is 1. The Morgan fingerprint density at radius 3 is 2.55 bits per heavy atom. The van der Waals surface area contributed by atoms with Gasteiger partial charge in [-0.1, -0.05) is 6.07 Å². The molecule has 2 saturated heterocycles. The highest BCUT2D eigenvalue weighted by molar-refractivity contribution is 6.25. The molecular formula is C21H27Cl2N5O5. The van der Waals surface area contributed by atoms with Gasteiger partial charge in [-0.3, -0.25) is 34.2 Å². The van der Waals surface area contributed by atoms with Gasteiger partial charge in [0.25, 0.3) is 11.8 Å². The lowest BCUT2D eigenvalue weighted by atomic mass is 10.0. The predicted molar refractivity (Wildman–Crippen MR) is 125 cm³/mol. The fraction of sp³-hybridized carbons (Fsp3) is 0.476. The van der Waals surface area contributed by atoms with Gasteiger partial charge in [0.1, 0.15) is 6.04 Å². The van der Waals surface area contributed by atoms with Crippen LogP contribution in [0.15, 0.2) is 18.2 Å². The van der Waals surface area contributed by atoms with Crippen LogP contribution in [0, 0.1) is 0 Å². The quantitative estimate of drug-likeness (QED) is 0.505. The van der Waals surface area contributed by atoms with Gasteiger partial charge >= 0.3 is 0 Å². The number of rotatable bonds is 5. The van der Waals surface area contributed by atoms with Gasteiger partial charge in [-0.2, -0.15) is 0 Å². The van der Waals surface area contributed by atoms with Crippen LogP contribution in [0.5, 0.6) is 0 Å². The molecular weight excluding hydrogens is 473 g/mol. The molecule has 0 radical (unpaired) electrons. The minimum atomic E-state index is -1.03. The van der Waals surface area contributed by atoms with Crippen LogP contribution in [-0.2, 0) is 14.4 Å². The number of piperidine rings is 2. The molecule has 2 atom stereocenters. The second-order valence-corrected chi connectivity index (χ2v) is 8.00. The minimum absolute atomic E-state index is 0. The lowest BCUT2D eigenvalue weighted by molar-refractivity contribution is -0.136. The number of carbonyl (C=O) groups excluding carboxylic acids is 5. The summed E-state index contributed by atoms with van der Waals surface area (Å²) in [5.74, 6) is -2.39. The number of benzene rings is 1. The first-order valence-corrected chi connectivity index (χ1v) is 10.5. The zero-order chi connectivity index (χ0) is 22.1. The fourth-order valence-corrected chi connectivity index (χ4v) is 4.51. The van der Waals surface area contributed by atoms with Crippen molar-refractivity contribution in [3.63, 3.8) is 0 Å². The van der Waals surface area contributed by atoms with E-state index in [0.29, 0.717) is 18.8 Å². The lowest BCUT2D eigenvalue weighted by Crippen LogP contribution is -2.54. The third kappa shape index (κ3) is 4.97. The van der Waals surface area contributed by atoms with Crippen molar-refractivity contribution in [1.82, 2.24) is 15.1 Å². The molecule has 1 aromatic rings. The van der Waals surface area contributed by atoms with Crippen LogP contribution in [0.4, 0.5) is 5.69 Å².